The number of nitrogens with zero attached hydrogens (tertiary/aromatic N) is 2. The molecule has 2 aromatic rings. The highest BCUT2D eigenvalue weighted by atomic mass is 32.2. The molecule has 8 heteroatoms. The minimum Gasteiger partial charge on any atom is -0.378 e. The molecule has 0 radical (unpaired) electrons. The number of carbonyl (C=O) groups is 1. The predicted octanol–water partition coefficient (Wildman–Crippen LogP) is 2.62. The topological polar surface area (TPSA) is 79.0 Å². The van der Waals surface area contributed by atoms with Crippen molar-refractivity contribution in [1.29, 1.82) is 0 Å². The highest BCUT2D eigenvalue weighted by Gasteiger charge is 2.29. The minimum atomic E-state index is -3.63. The normalized spacial score (nSPS) is 15.6. The second-order valence-corrected chi connectivity index (χ2v) is 9.07. The quantitative estimate of drug-likeness (QED) is 0.782. The summed E-state index contributed by atoms with van der Waals surface area (Å²) in [6, 6.07) is 13.7. The van der Waals surface area contributed by atoms with E-state index in [0.717, 1.165) is 34.9 Å². The summed E-state index contributed by atoms with van der Waals surface area (Å²) in [7, 11) is -3.63. The van der Waals surface area contributed by atoms with Gasteiger partial charge in [-0.1, -0.05) is 17.7 Å². The SMILES string of the molecule is Cc1ccc(N([C@H](C)C(=O)Nc2ccc(N3CCOCC3)cc2)S(C)(=O)=O)cc1. The van der Waals surface area contributed by atoms with Gasteiger partial charge >= 0.3 is 0 Å². The summed E-state index contributed by atoms with van der Waals surface area (Å²) in [6.45, 7) is 6.58. The monoisotopic (exact) mass is 417 g/mol. The van der Waals surface area contributed by atoms with Crippen LogP contribution in [0.2, 0.25) is 0 Å². The Bertz CT molecular complexity index is 937. The van der Waals surface area contributed by atoms with Crippen LogP contribution in [0.5, 0.6) is 0 Å². The zero-order chi connectivity index (χ0) is 21.0. The molecule has 2 aromatic carbocycles. The van der Waals surface area contributed by atoms with Crippen molar-refractivity contribution in [2.75, 3.05) is 47.1 Å². The van der Waals surface area contributed by atoms with E-state index >= 15 is 0 Å². The van der Waals surface area contributed by atoms with Crippen LogP contribution in [0.4, 0.5) is 17.1 Å². The highest BCUT2D eigenvalue weighted by Crippen LogP contribution is 2.23. The average molecular weight is 418 g/mol. The number of carbonyl (C=O) groups excluding carboxylic acids is 1. The molecule has 0 spiro atoms. The van der Waals surface area contributed by atoms with E-state index in [0.29, 0.717) is 24.6 Å². The Labute approximate surface area is 172 Å². The number of morpholine rings is 1. The molecule has 1 heterocycles. The second-order valence-electron chi connectivity index (χ2n) is 7.21. The Morgan fingerprint density at radius 2 is 1.66 bits per heavy atom. The van der Waals surface area contributed by atoms with Crippen LogP contribution in [-0.2, 0) is 19.6 Å². The van der Waals surface area contributed by atoms with Gasteiger partial charge in [0.05, 0.1) is 25.2 Å². The minimum absolute atomic E-state index is 0.393. The summed E-state index contributed by atoms with van der Waals surface area (Å²) >= 11 is 0. The van der Waals surface area contributed by atoms with Crippen molar-refractivity contribution in [2.24, 2.45) is 0 Å². The molecule has 29 heavy (non-hydrogen) atoms. The number of ether oxygens (including phenoxy) is 1. The van der Waals surface area contributed by atoms with Gasteiger partial charge in [-0.25, -0.2) is 8.42 Å². The van der Waals surface area contributed by atoms with Crippen LogP contribution in [0.15, 0.2) is 48.5 Å². The van der Waals surface area contributed by atoms with Gasteiger partial charge in [0.25, 0.3) is 0 Å². The Hall–Kier alpha value is -2.58. The van der Waals surface area contributed by atoms with E-state index in [1.807, 2.05) is 43.3 Å². The zero-order valence-corrected chi connectivity index (χ0v) is 17.8. The van der Waals surface area contributed by atoms with Crippen LogP contribution >= 0.6 is 0 Å². The van der Waals surface area contributed by atoms with Gasteiger partial charge in [-0.15, -0.1) is 0 Å². The van der Waals surface area contributed by atoms with E-state index < -0.39 is 22.0 Å². The van der Waals surface area contributed by atoms with Crippen molar-refractivity contribution < 1.29 is 17.9 Å². The van der Waals surface area contributed by atoms with Gasteiger partial charge in [0.15, 0.2) is 0 Å². The zero-order valence-electron chi connectivity index (χ0n) is 17.0. The van der Waals surface area contributed by atoms with Crippen LogP contribution in [0.25, 0.3) is 0 Å². The first-order chi connectivity index (χ1) is 13.8. The molecule has 0 saturated carbocycles. The molecule has 0 bridgehead atoms. The van der Waals surface area contributed by atoms with Gasteiger partial charge in [-0.2, -0.15) is 0 Å². The lowest BCUT2D eigenvalue weighted by molar-refractivity contribution is -0.116. The van der Waals surface area contributed by atoms with Crippen LogP contribution in [0.1, 0.15) is 12.5 Å². The first-order valence-electron chi connectivity index (χ1n) is 9.55. The highest BCUT2D eigenvalue weighted by molar-refractivity contribution is 7.92. The van der Waals surface area contributed by atoms with Crippen molar-refractivity contribution in [3.05, 3.63) is 54.1 Å². The first-order valence-corrected chi connectivity index (χ1v) is 11.4. The lowest BCUT2D eigenvalue weighted by atomic mass is 10.2. The summed E-state index contributed by atoms with van der Waals surface area (Å²) in [5, 5.41) is 2.82. The Morgan fingerprint density at radius 3 is 2.21 bits per heavy atom. The summed E-state index contributed by atoms with van der Waals surface area (Å²) in [6.07, 6.45) is 1.10. The Kier molecular flexibility index (Phi) is 6.44. The van der Waals surface area contributed by atoms with Gasteiger partial charge in [-0.05, 0) is 50.2 Å². The van der Waals surface area contributed by atoms with Crippen molar-refractivity contribution in [3.63, 3.8) is 0 Å². The number of hydrogen-bond donors (Lipinski definition) is 1. The lowest BCUT2D eigenvalue weighted by Gasteiger charge is -2.29. The fraction of sp³-hybridized carbons (Fsp3) is 0.381. The van der Waals surface area contributed by atoms with Crippen LogP contribution in [0.3, 0.4) is 0 Å². The van der Waals surface area contributed by atoms with Crippen molar-refractivity contribution in [1.82, 2.24) is 0 Å². The third-order valence-corrected chi connectivity index (χ3v) is 6.13. The van der Waals surface area contributed by atoms with E-state index in [-0.39, 0.29) is 0 Å². The number of benzene rings is 2. The third kappa shape index (κ3) is 5.27. The average Bonchev–Trinajstić information content (AvgIpc) is 2.70. The van der Waals surface area contributed by atoms with Gasteiger partial charge in [0.1, 0.15) is 6.04 Å². The summed E-state index contributed by atoms with van der Waals surface area (Å²) in [5.41, 5.74) is 3.16. The largest absolute Gasteiger partial charge is 0.378 e. The van der Waals surface area contributed by atoms with E-state index in [4.69, 9.17) is 4.74 Å². The van der Waals surface area contributed by atoms with Crippen LogP contribution in [-0.4, -0.2) is 52.9 Å². The van der Waals surface area contributed by atoms with Gasteiger partial charge in [0.2, 0.25) is 15.9 Å². The number of rotatable bonds is 6. The fourth-order valence-electron chi connectivity index (χ4n) is 3.32. The fourth-order valence-corrected chi connectivity index (χ4v) is 4.50. The van der Waals surface area contributed by atoms with Crippen molar-refractivity contribution in [3.8, 4) is 0 Å². The Balaban J connectivity index is 1.73. The number of anilines is 3. The Morgan fingerprint density at radius 1 is 1.07 bits per heavy atom. The first kappa shape index (κ1) is 21.1. The molecule has 1 amide bonds. The molecule has 3 rings (SSSR count). The molecule has 1 saturated heterocycles. The smallest absolute Gasteiger partial charge is 0.247 e. The maximum Gasteiger partial charge on any atom is 0.247 e. The van der Waals surface area contributed by atoms with E-state index in [2.05, 4.69) is 10.2 Å². The molecule has 0 aromatic heterocycles. The number of amides is 1. The molecular formula is C21H27N3O4S. The molecule has 0 unspecified atom stereocenters. The third-order valence-electron chi connectivity index (χ3n) is 4.89. The molecule has 0 aliphatic carbocycles. The molecule has 156 valence electrons. The number of nitrogens with one attached hydrogen (secondary N) is 1. The lowest BCUT2D eigenvalue weighted by Crippen LogP contribution is -2.45. The molecule has 1 aliphatic rings. The molecule has 1 aliphatic heterocycles. The number of aryl methyl sites for hydroxylation is 1. The summed E-state index contributed by atoms with van der Waals surface area (Å²) in [4.78, 5) is 15.0. The summed E-state index contributed by atoms with van der Waals surface area (Å²) < 4.78 is 31.2. The van der Waals surface area contributed by atoms with E-state index in [1.165, 1.54) is 0 Å². The van der Waals surface area contributed by atoms with Crippen LogP contribution in [0, 0.1) is 6.92 Å². The molecule has 1 atom stereocenters. The van der Waals surface area contributed by atoms with E-state index in [9.17, 15) is 13.2 Å². The maximum absolute atomic E-state index is 12.8. The molecular weight excluding hydrogens is 390 g/mol. The van der Waals surface area contributed by atoms with E-state index in [1.54, 1.807) is 19.1 Å². The van der Waals surface area contributed by atoms with Gasteiger partial charge < -0.3 is 15.0 Å². The van der Waals surface area contributed by atoms with Crippen molar-refractivity contribution in [2.45, 2.75) is 19.9 Å². The van der Waals surface area contributed by atoms with Crippen LogP contribution < -0.4 is 14.5 Å². The molecule has 1 fully saturated rings. The summed E-state index contributed by atoms with van der Waals surface area (Å²) in [5.74, 6) is -0.393. The maximum atomic E-state index is 12.8. The molecule has 7 nitrogen and oxygen atoms in total. The predicted molar refractivity (Wildman–Crippen MR) is 116 cm³/mol. The standard InChI is InChI=1S/C21H27N3O4S/c1-16-4-8-20(9-5-16)24(29(3,26)27)17(2)21(25)22-18-6-10-19(11-7-18)23-12-14-28-15-13-23/h4-11,17H,12-15H2,1-3H3,(H,22,25)/t17-/m1/s1. The number of hydrogen-bond acceptors (Lipinski definition) is 5. The van der Waals surface area contributed by atoms with Gasteiger partial charge in [0, 0.05) is 24.5 Å². The van der Waals surface area contributed by atoms with Gasteiger partial charge in [-0.3, -0.25) is 9.10 Å². The van der Waals surface area contributed by atoms with Crippen molar-refractivity contribution >= 4 is 33.0 Å². The molecule has 1 N–H and O–H groups in total. The second kappa shape index (κ2) is 8.84. The number of sulfonamides is 1.